The Kier molecular flexibility index (Phi) is 10.4. The predicted octanol–water partition coefficient (Wildman–Crippen LogP) is 4.44. The highest BCUT2D eigenvalue weighted by Crippen LogP contribution is 2.48. The van der Waals surface area contributed by atoms with E-state index in [0.717, 1.165) is 45.1 Å². The lowest BCUT2D eigenvalue weighted by Crippen LogP contribution is -2.46. The fourth-order valence-corrected chi connectivity index (χ4v) is 5.64. The molecule has 1 fully saturated rings. The van der Waals surface area contributed by atoms with E-state index in [0.29, 0.717) is 24.8 Å². The van der Waals surface area contributed by atoms with Crippen molar-refractivity contribution in [2.45, 2.75) is 110 Å². The minimum Gasteiger partial charge on any atom is -0.392 e. The first-order chi connectivity index (χ1) is 15.1. The van der Waals surface area contributed by atoms with Crippen LogP contribution in [0, 0.1) is 17.8 Å². The Hall–Kier alpha value is -1.17. The van der Waals surface area contributed by atoms with E-state index >= 15 is 0 Å². The van der Waals surface area contributed by atoms with Crippen molar-refractivity contribution in [3.05, 3.63) is 23.8 Å². The van der Waals surface area contributed by atoms with Gasteiger partial charge in [0.25, 0.3) is 0 Å². The summed E-state index contributed by atoms with van der Waals surface area (Å²) in [5.74, 6) is 1.26. The zero-order valence-electron chi connectivity index (χ0n) is 21.3. The van der Waals surface area contributed by atoms with Gasteiger partial charge in [0.1, 0.15) is 0 Å². The van der Waals surface area contributed by atoms with Crippen molar-refractivity contribution in [1.82, 2.24) is 10.2 Å². The molecule has 2 aliphatic carbocycles. The largest absolute Gasteiger partial charge is 0.392 e. The Morgan fingerprint density at radius 2 is 2.00 bits per heavy atom. The number of hydrogen-bond donors (Lipinski definition) is 3. The summed E-state index contributed by atoms with van der Waals surface area (Å²) in [6, 6.07) is 0.431. The van der Waals surface area contributed by atoms with Crippen molar-refractivity contribution in [1.29, 1.82) is 0 Å². The fourth-order valence-electron chi connectivity index (χ4n) is 5.64. The van der Waals surface area contributed by atoms with Crippen molar-refractivity contribution in [2.24, 2.45) is 17.8 Å². The summed E-state index contributed by atoms with van der Waals surface area (Å²) >= 11 is 0. The molecule has 0 saturated heterocycles. The summed E-state index contributed by atoms with van der Waals surface area (Å²) in [6.45, 7) is 13.5. The summed E-state index contributed by atoms with van der Waals surface area (Å²) in [6.07, 6.45) is 12.8. The van der Waals surface area contributed by atoms with Crippen molar-refractivity contribution in [2.75, 3.05) is 13.1 Å². The third-order valence-corrected chi connectivity index (χ3v) is 7.23. The summed E-state index contributed by atoms with van der Waals surface area (Å²) in [5.41, 5.74) is 0.794. The first-order valence-corrected chi connectivity index (χ1v) is 12.8. The predicted molar refractivity (Wildman–Crippen MR) is 132 cm³/mol. The number of nitrogens with zero attached hydrogens (tertiary/aromatic N) is 1. The van der Waals surface area contributed by atoms with Crippen molar-refractivity contribution < 1.29 is 15.0 Å². The second kappa shape index (κ2) is 12.3. The molecular weight excluding hydrogens is 400 g/mol. The Morgan fingerprint density at radius 1 is 1.31 bits per heavy atom. The van der Waals surface area contributed by atoms with Gasteiger partial charge in [-0.3, -0.25) is 4.79 Å². The van der Waals surface area contributed by atoms with Crippen LogP contribution in [0.2, 0.25) is 0 Å². The third-order valence-electron chi connectivity index (χ3n) is 7.23. The molecule has 5 nitrogen and oxygen atoms in total. The monoisotopic (exact) mass is 448 g/mol. The molecule has 0 unspecified atom stereocenters. The first kappa shape index (κ1) is 27.1. The number of aliphatic hydroxyl groups is 2. The highest BCUT2D eigenvalue weighted by molar-refractivity contribution is 5.78. The molecule has 184 valence electrons. The van der Waals surface area contributed by atoms with E-state index in [9.17, 15) is 15.0 Å². The average Bonchev–Trinajstić information content (AvgIpc) is 3.20. The van der Waals surface area contributed by atoms with Gasteiger partial charge in [-0.05, 0) is 85.1 Å². The van der Waals surface area contributed by atoms with Gasteiger partial charge in [0, 0.05) is 18.0 Å². The minimum absolute atomic E-state index is 0.162. The maximum absolute atomic E-state index is 12.5. The lowest BCUT2D eigenvalue weighted by atomic mass is 9.88. The Morgan fingerprint density at radius 3 is 2.62 bits per heavy atom. The van der Waals surface area contributed by atoms with Crippen LogP contribution in [0.1, 0.15) is 86.5 Å². The second-order valence-corrected chi connectivity index (χ2v) is 10.9. The summed E-state index contributed by atoms with van der Waals surface area (Å²) in [5, 5.41) is 24.4. The lowest BCUT2D eigenvalue weighted by Gasteiger charge is -2.31. The Labute approximate surface area is 196 Å². The van der Waals surface area contributed by atoms with E-state index in [2.05, 4.69) is 58.2 Å². The summed E-state index contributed by atoms with van der Waals surface area (Å²) < 4.78 is 0. The molecule has 5 atom stereocenters. The van der Waals surface area contributed by atoms with Gasteiger partial charge >= 0.3 is 0 Å². The van der Waals surface area contributed by atoms with Crippen LogP contribution >= 0.6 is 0 Å². The van der Waals surface area contributed by atoms with Crippen LogP contribution in [-0.2, 0) is 4.79 Å². The maximum atomic E-state index is 12.5. The molecule has 3 N–H and O–H groups in total. The number of fused-ring (bicyclic) bond motifs is 1. The number of carbonyl (C=O) groups excluding carboxylic acids is 1. The molecule has 1 saturated carbocycles. The van der Waals surface area contributed by atoms with Gasteiger partial charge in [0.2, 0.25) is 5.91 Å². The summed E-state index contributed by atoms with van der Waals surface area (Å²) in [7, 11) is 0. The number of carbonyl (C=O) groups is 1. The molecule has 1 amide bonds. The number of hydrogen-bond acceptors (Lipinski definition) is 4. The smallest absolute Gasteiger partial charge is 0.236 e. The van der Waals surface area contributed by atoms with E-state index in [1.54, 1.807) is 0 Å². The molecular formula is C27H48N2O3. The number of unbranched alkanes of at least 4 members (excludes halogenated alkanes) is 1. The third kappa shape index (κ3) is 7.71. The zero-order chi connectivity index (χ0) is 23.9. The molecule has 0 aromatic heterocycles. The van der Waals surface area contributed by atoms with Crippen molar-refractivity contribution in [3.8, 4) is 0 Å². The standard InChI is InChI=1S/C27H48N2O3/c1-7-8-12-27(6,32)13-9-10-23-24-16-21(15-22(24)17-25(23)30)11-14-28-18-26(31)29(19(2)3)20(4)5/h9-10,15,19-20,22-25,28,30,32H,7-8,11-14,16-18H2,1-6H3/b10-9+/t22-,23+,24-,25+,27-/m0/s1. The summed E-state index contributed by atoms with van der Waals surface area (Å²) in [4.78, 5) is 14.4. The number of aliphatic hydroxyl groups excluding tert-OH is 1. The number of rotatable bonds is 13. The lowest BCUT2D eigenvalue weighted by molar-refractivity contribution is -0.133. The highest BCUT2D eigenvalue weighted by atomic mass is 16.3. The molecule has 0 bridgehead atoms. The molecule has 0 radical (unpaired) electrons. The van der Waals surface area contributed by atoms with Gasteiger partial charge in [0.05, 0.1) is 18.2 Å². The van der Waals surface area contributed by atoms with E-state index < -0.39 is 5.60 Å². The van der Waals surface area contributed by atoms with Gasteiger partial charge in [-0.15, -0.1) is 0 Å². The SMILES string of the molecule is CCCC[C@](C)(O)C/C=C/[C@@H]1[C@H]2CC(CCNCC(=O)N(C(C)C)C(C)C)=C[C@H]2C[C@H]1O. The van der Waals surface area contributed by atoms with Crippen LogP contribution in [0.3, 0.4) is 0 Å². The number of nitrogens with one attached hydrogen (secondary N) is 1. The van der Waals surface area contributed by atoms with Crippen LogP contribution < -0.4 is 5.32 Å². The quantitative estimate of drug-likeness (QED) is 0.288. The molecule has 0 aromatic rings. The van der Waals surface area contributed by atoms with Crippen LogP contribution in [0.4, 0.5) is 0 Å². The van der Waals surface area contributed by atoms with Gasteiger partial charge in [-0.25, -0.2) is 0 Å². The molecule has 0 aliphatic heterocycles. The van der Waals surface area contributed by atoms with Gasteiger partial charge in [-0.1, -0.05) is 43.6 Å². The van der Waals surface area contributed by atoms with Crippen molar-refractivity contribution >= 4 is 5.91 Å². The molecule has 0 spiro atoms. The van der Waals surface area contributed by atoms with E-state index in [1.807, 2.05) is 11.8 Å². The van der Waals surface area contributed by atoms with Gasteiger partial charge in [-0.2, -0.15) is 0 Å². The van der Waals surface area contributed by atoms with E-state index in [1.165, 1.54) is 5.57 Å². The first-order valence-electron chi connectivity index (χ1n) is 12.8. The molecule has 2 rings (SSSR count). The van der Waals surface area contributed by atoms with Gasteiger partial charge in [0.15, 0.2) is 0 Å². The van der Waals surface area contributed by atoms with Gasteiger partial charge < -0.3 is 20.4 Å². The van der Waals surface area contributed by atoms with Crippen LogP contribution in [-0.4, -0.2) is 57.9 Å². The molecule has 0 heterocycles. The number of allylic oxidation sites excluding steroid dienone is 1. The minimum atomic E-state index is -0.654. The Bertz CT molecular complexity index is 645. The highest BCUT2D eigenvalue weighted by Gasteiger charge is 2.43. The molecule has 5 heteroatoms. The molecule has 32 heavy (non-hydrogen) atoms. The maximum Gasteiger partial charge on any atom is 0.236 e. The normalized spacial score (nSPS) is 27.2. The van der Waals surface area contributed by atoms with Crippen LogP contribution in [0.5, 0.6) is 0 Å². The zero-order valence-corrected chi connectivity index (χ0v) is 21.3. The van der Waals surface area contributed by atoms with Crippen LogP contribution in [0.25, 0.3) is 0 Å². The fraction of sp³-hybridized carbons (Fsp3) is 0.815. The average molecular weight is 449 g/mol. The molecule has 2 aliphatic rings. The van der Waals surface area contributed by atoms with Crippen molar-refractivity contribution in [3.63, 3.8) is 0 Å². The Balaban J connectivity index is 1.78. The van der Waals surface area contributed by atoms with E-state index in [-0.39, 0.29) is 30.0 Å². The number of amides is 1. The van der Waals surface area contributed by atoms with E-state index in [4.69, 9.17) is 0 Å². The topological polar surface area (TPSA) is 72.8 Å². The van der Waals surface area contributed by atoms with Crippen LogP contribution in [0.15, 0.2) is 23.8 Å². The second-order valence-electron chi connectivity index (χ2n) is 10.9. The molecule has 0 aromatic carbocycles.